The van der Waals surface area contributed by atoms with E-state index in [0.717, 1.165) is 11.4 Å². The molecule has 0 unspecified atom stereocenters. The van der Waals surface area contributed by atoms with Crippen molar-refractivity contribution >= 4 is 0 Å². The van der Waals surface area contributed by atoms with Crippen LogP contribution in [0.1, 0.15) is 11.4 Å². The molecule has 54 valence electrons. The summed E-state index contributed by atoms with van der Waals surface area (Å²) < 4.78 is 0. The lowest BCUT2D eigenvalue weighted by Gasteiger charge is -1.93. The van der Waals surface area contributed by atoms with E-state index in [1.165, 1.54) is 0 Å². The van der Waals surface area contributed by atoms with Crippen LogP contribution in [0, 0.1) is 0 Å². The second-order valence-corrected chi connectivity index (χ2v) is 2.00. The van der Waals surface area contributed by atoms with Crippen molar-refractivity contribution in [3.8, 4) is 0 Å². The Hall–Kier alpha value is -1.00. The van der Waals surface area contributed by atoms with Gasteiger partial charge in [-0.25, -0.2) is 0 Å². The summed E-state index contributed by atoms with van der Waals surface area (Å²) in [5.41, 5.74) is 9.24. The van der Waals surface area contributed by atoms with Gasteiger partial charge in [-0.15, -0.1) is 0 Å². The summed E-state index contributed by atoms with van der Waals surface area (Å²) in [6.07, 6.45) is 3.49. The molecule has 0 saturated carbocycles. The van der Waals surface area contributed by atoms with Crippen molar-refractivity contribution in [2.75, 3.05) is 0 Å². The maximum atomic E-state index is 4.10. The molecule has 0 aliphatic heterocycles. The highest BCUT2D eigenvalue weighted by Gasteiger charge is 1.94. The molecule has 0 aliphatic carbocycles. The average molecular weight is 140 g/mol. The number of nitrogens with zero attached hydrogens (tertiary/aromatic N) is 2. The molecular weight excluding hydrogens is 128 g/mol. The van der Waals surface area contributed by atoms with E-state index in [4.69, 9.17) is 0 Å². The molecule has 0 fully saturated rings. The van der Waals surface area contributed by atoms with E-state index in [1.54, 1.807) is 12.4 Å². The van der Waals surface area contributed by atoms with Crippen molar-refractivity contribution in [2.24, 2.45) is 0 Å². The van der Waals surface area contributed by atoms with Crippen LogP contribution in [0.15, 0.2) is 12.4 Å². The summed E-state index contributed by atoms with van der Waals surface area (Å²) in [7, 11) is 0. The minimum atomic E-state index is 0.699. The van der Waals surface area contributed by atoms with Gasteiger partial charge in [0.1, 0.15) is 24.5 Å². The molecule has 0 radical (unpaired) electrons. The first-order valence-electron chi connectivity index (χ1n) is 3.25. The van der Waals surface area contributed by atoms with Crippen LogP contribution < -0.4 is 11.5 Å². The molecule has 1 aromatic heterocycles. The Morgan fingerprint density at radius 3 is 1.60 bits per heavy atom. The zero-order valence-electron chi connectivity index (χ0n) is 5.88. The van der Waals surface area contributed by atoms with Crippen LogP contribution in [0.3, 0.4) is 0 Å². The molecule has 1 aromatic rings. The lowest BCUT2D eigenvalue weighted by Crippen LogP contribution is -2.48. The highest BCUT2D eigenvalue weighted by atomic mass is 14.8. The van der Waals surface area contributed by atoms with E-state index in [1.807, 2.05) is 0 Å². The van der Waals surface area contributed by atoms with Gasteiger partial charge in [0, 0.05) is 0 Å². The quantitative estimate of drug-likeness (QED) is 0.496. The third-order valence-corrected chi connectivity index (χ3v) is 1.27. The number of hydrogen-bond acceptors (Lipinski definition) is 2. The minimum absolute atomic E-state index is 0.699. The molecule has 0 atom stereocenters. The Labute approximate surface area is 59.3 Å². The fourth-order valence-corrected chi connectivity index (χ4v) is 0.640. The monoisotopic (exact) mass is 140 g/mol. The summed E-state index contributed by atoms with van der Waals surface area (Å²) in [5.74, 6) is 0. The van der Waals surface area contributed by atoms with Gasteiger partial charge in [0.25, 0.3) is 0 Å². The predicted octanol–water partition coefficient (Wildman–Crippen LogP) is -2.04. The fourth-order valence-electron chi connectivity index (χ4n) is 0.640. The van der Waals surface area contributed by atoms with Crippen molar-refractivity contribution in [1.29, 1.82) is 0 Å². The van der Waals surface area contributed by atoms with Crippen molar-refractivity contribution < 1.29 is 11.5 Å². The van der Waals surface area contributed by atoms with E-state index in [2.05, 4.69) is 21.4 Å². The van der Waals surface area contributed by atoms with Crippen LogP contribution in [0.2, 0.25) is 0 Å². The lowest BCUT2D eigenvalue weighted by molar-refractivity contribution is -0.389. The van der Waals surface area contributed by atoms with Crippen LogP contribution >= 0.6 is 0 Å². The molecule has 4 nitrogen and oxygen atoms in total. The van der Waals surface area contributed by atoms with Gasteiger partial charge in [0.2, 0.25) is 0 Å². The fraction of sp³-hybridized carbons (Fsp3) is 0.333. The summed E-state index contributed by atoms with van der Waals surface area (Å²) in [6.45, 7) is 1.40. The largest absolute Gasteiger partial charge is 0.352 e. The predicted molar refractivity (Wildman–Crippen MR) is 35.2 cm³/mol. The second-order valence-electron chi connectivity index (χ2n) is 2.00. The van der Waals surface area contributed by atoms with Gasteiger partial charge < -0.3 is 11.5 Å². The standard InChI is InChI=1S/C6H10N4/c7-1-5-3-10-6(2-8)4-9-5/h3-4H,1-2,7-8H2/p+2. The zero-order valence-corrected chi connectivity index (χ0v) is 5.88. The molecule has 10 heavy (non-hydrogen) atoms. The maximum absolute atomic E-state index is 4.10. The van der Waals surface area contributed by atoms with Crippen molar-refractivity contribution in [1.82, 2.24) is 9.97 Å². The molecule has 4 heteroatoms. The Bertz CT molecular complexity index is 170. The van der Waals surface area contributed by atoms with Crippen LogP contribution in [0.5, 0.6) is 0 Å². The first-order valence-corrected chi connectivity index (χ1v) is 3.25. The molecule has 0 bridgehead atoms. The Morgan fingerprint density at radius 1 is 1.00 bits per heavy atom. The van der Waals surface area contributed by atoms with E-state index >= 15 is 0 Å². The molecule has 0 saturated heterocycles. The molecule has 1 rings (SSSR count). The summed E-state index contributed by atoms with van der Waals surface area (Å²) in [5, 5.41) is 0. The lowest BCUT2D eigenvalue weighted by atomic mass is 10.4. The van der Waals surface area contributed by atoms with Crippen LogP contribution in [-0.4, -0.2) is 9.97 Å². The van der Waals surface area contributed by atoms with Crippen LogP contribution in [0.25, 0.3) is 0 Å². The first-order chi connectivity index (χ1) is 4.86. The molecule has 0 amide bonds. The molecule has 0 aromatic carbocycles. The van der Waals surface area contributed by atoms with Crippen molar-refractivity contribution in [3.05, 3.63) is 23.8 Å². The van der Waals surface area contributed by atoms with Gasteiger partial charge in [0.05, 0.1) is 12.4 Å². The third-order valence-electron chi connectivity index (χ3n) is 1.27. The van der Waals surface area contributed by atoms with Crippen LogP contribution in [0.4, 0.5) is 0 Å². The number of quaternary nitrogens is 2. The average Bonchev–Trinajstić information content (AvgIpc) is 2.05. The Balaban J connectivity index is 2.80. The van der Waals surface area contributed by atoms with Gasteiger partial charge in [0.15, 0.2) is 0 Å². The number of hydrogen-bond donors (Lipinski definition) is 2. The zero-order chi connectivity index (χ0) is 7.40. The Morgan fingerprint density at radius 2 is 1.40 bits per heavy atom. The Kier molecular flexibility index (Phi) is 2.30. The number of rotatable bonds is 2. The normalized spacial score (nSPS) is 9.80. The minimum Gasteiger partial charge on any atom is -0.352 e. The molecule has 0 spiro atoms. The maximum Gasteiger partial charge on any atom is 0.118 e. The number of aromatic nitrogens is 2. The van der Waals surface area contributed by atoms with Gasteiger partial charge >= 0.3 is 0 Å². The van der Waals surface area contributed by atoms with Crippen molar-refractivity contribution in [2.45, 2.75) is 13.1 Å². The highest BCUT2D eigenvalue weighted by Crippen LogP contribution is 1.90. The summed E-state index contributed by atoms with van der Waals surface area (Å²) in [6, 6.07) is 0. The first kappa shape index (κ1) is 7.11. The molecular formula is C6H12N4+2. The molecule has 0 aliphatic rings. The topological polar surface area (TPSA) is 81.1 Å². The third kappa shape index (κ3) is 1.49. The second kappa shape index (κ2) is 3.24. The molecule has 6 N–H and O–H groups in total. The SMILES string of the molecule is [NH3+]Cc1cnc(C[NH3+])cn1. The van der Waals surface area contributed by atoms with Gasteiger partial charge in [-0.3, -0.25) is 9.97 Å². The van der Waals surface area contributed by atoms with Crippen molar-refractivity contribution in [3.63, 3.8) is 0 Å². The van der Waals surface area contributed by atoms with Gasteiger partial charge in [-0.1, -0.05) is 0 Å². The van der Waals surface area contributed by atoms with Gasteiger partial charge in [-0.2, -0.15) is 0 Å². The smallest absolute Gasteiger partial charge is 0.118 e. The van der Waals surface area contributed by atoms with E-state index < -0.39 is 0 Å². The van der Waals surface area contributed by atoms with Crippen LogP contribution in [-0.2, 0) is 13.1 Å². The van der Waals surface area contributed by atoms with E-state index in [0.29, 0.717) is 13.1 Å². The van der Waals surface area contributed by atoms with Gasteiger partial charge in [-0.05, 0) is 0 Å². The highest BCUT2D eigenvalue weighted by molar-refractivity contribution is 4.99. The van der Waals surface area contributed by atoms with E-state index in [-0.39, 0.29) is 0 Å². The summed E-state index contributed by atoms with van der Waals surface area (Å²) >= 11 is 0. The summed E-state index contributed by atoms with van der Waals surface area (Å²) in [4.78, 5) is 8.21. The van der Waals surface area contributed by atoms with E-state index in [9.17, 15) is 0 Å². The molecule has 1 heterocycles.